The molecule has 1 saturated heterocycles. The zero-order valence-corrected chi connectivity index (χ0v) is 25.0. The molecule has 0 radical (unpaired) electrons. The van der Waals surface area contributed by atoms with Crippen LogP contribution in [0, 0.1) is 0 Å². The first kappa shape index (κ1) is 30.9. The fourth-order valence-corrected chi connectivity index (χ4v) is 6.41. The highest BCUT2D eigenvalue weighted by Crippen LogP contribution is 2.33. The van der Waals surface area contributed by atoms with Crippen LogP contribution in [-0.4, -0.2) is 60.2 Å². The first-order chi connectivity index (χ1) is 20.2. The molecule has 10 nitrogen and oxygen atoms in total. The minimum atomic E-state index is -4.01. The minimum absolute atomic E-state index is 0.0600. The quantitative estimate of drug-likeness (QED) is 0.298. The van der Waals surface area contributed by atoms with Gasteiger partial charge in [-0.15, -0.1) is 0 Å². The maximum atomic E-state index is 13.8. The number of methoxy groups -OCH3 is 1. The Morgan fingerprint density at radius 1 is 0.881 bits per heavy atom. The Balaban J connectivity index is 1.57. The molecule has 1 heterocycles. The summed E-state index contributed by atoms with van der Waals surface area (Å²) in [5.41, 5.74) is 2.70. The maximum Gasteiger partial charge on any atom is 0.306 e. The van der Waals surface area contributed by atoms with Gasteiger partial charge in [0, 0.05) is 44.3 Å². The fourth-order valence-electron chi connectivity index (χ4n) is 4.93. The molecule has 1 amide bonds. The number of hydrogen-bond donors (Lipinski definition) is 2. The van der Waals surface area contributed by atoms with Crippen molar-refractivity contribution in [3.8, 4) is 5.75 Å². The molecule has 42 heavy (non-hydrogen) atoms. The Bertz CT molecular complexity index is 1470. The highest BCUT2D eigenvalue weighted by molar-refractivity contribution is 7.89. The van der Waals surface area contributed by atoms with Crippen molar-refractivity contribution >= 4 is 39.0 Å². The number of amides is 1. The second-order valence-electron chi connectivity index (χ2n) is 9.94. The van der Waals surface area contributed by atoms with Gasteiger partial charge in [-0.05, 0) is 49.7 Å². The van der Waals surface area contributed by atoms with E-state index in [2.05, 4.69) is 14.9 Å². The third-order valence-corrected chi connectivity index (χ3v) is 8.64. The molecule has 1 fully saturated rings. The molecule has 3 aromatic rings. The number of nitrogens with zero attached hydrogens (tertiary/aromatic N) is 2. The van der Waals surface area contributed by atoms with Crippen LogP contribution < -0.4 is 24.6 Å². The van der Waals surface area contributed by atoms with E-state index >= 15 is 0 Å². The van der Waals surface area contributed by atoms with Gasteiger partial charge < -0.3 is 24.6 Å². The van der Waals surface area contributed by atoms with Crippen molar-refractivity contribution in [3.63, 3.8) is 0 Å². The zero-order chi connectivity index (χ0) is 30.1. The molecule has 3 aromatic carbocycles. The van der Waals surface area contributed by atoms with Crippen LogP contribution in [0.5, 0.6) is 5.75 Å². The second-order valence-corrected chi connectivity index (χ2v) is 11.6. The number of esters is 1. The number of hydrogen-bond acceptors (Lipinski definition) is 8. The number of piperazine rings is 1. The van der Waals surface area contributed by atoms with Crippen molar-refractivity contribution in [1.82, 2.24) is 4.72 Å². The van der Waals surface area contributed by atoms with Crippen LogP contribution in [0.3, 0.4) is 0 Å². The van der Waals surface area contributed by atoms with Crippen LogP contribution in [0.1, 0.15) is 38.3 Å². The first-order valence-corrected chi connectivity index (χ1v) is 15.5. The molecule has 0 aromatic heterocycles. The van der Waals surface area contributed by atoms with Gasteiger partial charge in [0.05, 0.1) is 31.5 Å². The number of nitrogens with one attached hydrogen (secondary N) is 2. The highest BCUT2D eigenvalue weighted by Gasteiger charge is 2.28. The lowest BCUT2D eigenvalue weighted by atomic mass is 10.1. The molecule has 0 saturated carbocycles. The van der Waals surface area contributed by atoms with Crippen molar-refractivity contribution in [3.05, 3.63) is 78.4 Å². The molecule has 224 valence electrons. The summed E-state index contributed by atoms with van der Waals surface area (Å²) >= 11 is 0. The van der Waals surface area contributed by atoms with Crippen LogP contribution in [0.2, 0.25) is 0 Å². The molecule has 11 heteroatoms. The smallest absolute Gasteiger partial charge is 0.306 e. The Labute approximate surface area is 247 Å². The Morgan fingerprint density at radius 3 is 2.19 bits per heavy atom. The monoisotopic (exact) mass is 594 g/mol. The second kappa shape index (κ2) is 14.2. The van der Waals surface area contributed by atoms with Crippen LogP contribution in [0.25, 0.3) is 0 Å². The van der Waals surface area contributed by atoms with Crippen LogP contribution in [-0.2, 0) is 24.3 Å². The van der Waals surface area contributed by atoms with E-state index < -0.39 is 27.9 Å². The lowest BCUT2D eigenvalue weighted by Gasteiger charge is -2.38. The standard InChI is InChI=1S/C31H38N4O6S/c1-4-41-31(37)17-16-30(36)32-25-14-15-27(29(22-25)42(38,39)33-23(2)24-10-6-5-7-11-24)35-20-18-34(19-21-35)26-12-8-9-13-28(26)40-3/h5-15,22-23,33H,4,16-21H2,1-3H3,(H,32,36). The van der Waals surface area contributed by atoms with Gasteiger partial charge in [0.1, 0.15) is 10.6 Å². The van der Waals surface area contributed by atoms with Gasteiger partial charge in [-0.3, -0.25) is 9.59 Å². The van der Waals surface area contributed by atoms with Gasteiger partial charge in [-0.1, -0.05) is 42.5 Å². The van der Waals surface area contributed by atoms with Crippen LogP contribution >= 0.6 is 0 Å². The molecule has 1 aliphatic heterocycles. The van der Waals surface area contributed by atoms with E-state index in [9.17, 15) is 18.0 Å². The Kier molecular flexibility index (Phi) is 10.4. The van der Waals surface area contributed by atoms with Gasteiger partial charge in [0.15, 0.2) is 0 Å². The molecule has 0 aliphatic carbocycles. The van der Waals surface area contributed by atoms with E-state index in [4.69, 9.17) is 9.47 Å². The van der Waals surface area contributed by atoms with E-state index in [1.807, 2.05) is 59.5 Å². The number of carbonyl (C=O) groups is 2. The van der Waals surface area contributed by atoms with E-state index in [1.165, 1.54) is 6.07 Å². The first-order valence-electron chi connectivity index (χ1n) is 14.0. The average molecular weight is 595 g/mol. The SMILES string of the molecule is CCOC(=O)CCC(=O)Nc1ccc(N2CCN(c3ccccc3OC)CC2)c(S(=O)(=O)NC(C)c2ccccc2)c1. The van der Waals surface area contributed by atoms with Crippen molar-refractivity contribution in [2.24, 2.45) is 0 Å². The molecular formula is C31H38N4O6S. The van der Waals surface area contributed by atoms with Gasteiger partial charge in [0.2, 0.25) is 15.9 Å². The molecule has 0 bridgehead atoms. The molecule has 2 N–H and O–H groups in total. The zero-order valence-electron chi connectivity index (χ0n) is 24.2. The summed E-state index contributed by atoms with van der Waals surface area (Å²) in [5.74, 6) is -0.0795. The number of benzene rings is 3. The number of ether oxygens (including phenoxy) is 2. The van der Waals surface area contributed by atoms with E-state index in [0.29, 0.717) is 37.6 Å². The molecular weight excluding hydrogens is 556 g/mol. The van der Waals surface area contributed by atoms with E-state index in [-0.39, 0.29) is 24.3 Å². The summed E-state index contributed by atoms with van der Waals surface area (Å²) < 4.78 is 40.9. The molecule has 0 spiro atoms. The van der Waals surface area contributed by atoms with Gasteiger partial charge >= 0.3 is 5.97 Å². The van der Waals surface area contributed by atoms with Gasteiger partial charge in [-0.2, -0.15) is 0 Å². The Hall–Kier alpha value is -4.09. The maximum absolute atomic E-state index is 13.8. The van der Waals surface area contributed by atoms with Gasteiger partial charge in [-0.25, -0.2) is 13.1 Å². The summed E-state index contributed by atoms with van der Waals surface area (Å²) in [7, 11) is -2.36. The summed E-state index contributed by atoms with van der Waals surface area (Å²) in [5, 5.41) is 2.73. The number of anilines is 3. The number of rotatable bonds is 12. The topological polar surface area (TPSA) is 117 Å². The highest BCUT2D eigenvalue weighted by atomic mass is 32.2. The lowest BCUT2D eigenvalue weighted by molar-refractivity contribution is -0.144. The molecule has 1 unspecified atom stereocenters. The molecule has 4 rings (SSSR count). The summed E-state index contributed by atoms with van der Waals surface area (Å²) in [6.07, 6.45) is -0.133. The van der Waals surface area contributed by atoms with E-state index in [1.54, 1.807) is 33.1 Å². The normalized spacial score (nSPS) is 14.3. The Morgan fingerprint density at radius 2 is 1.52 bits per heavy atom. The third-order valence-electron chi connectivity index (χ3n) is 7.07. The number of sulfonamides is 1. The fraction of sp³-hybridized carbons (Fsp3) is 0.355. The predicted octanol–water partition coefficient (Wildman–Crippen LogP) is 4.34. The summed E-state index contributed by atoms with van der Waals surface area (Å²) in [6, 6.07) is 21.6. The van der Waals surface area contributed by atoms with Crippen LogP contribution in [0.15, 0.2) is 77.7 Å². The summed E-state index contributed by atoms with van der Waals surface area (Å²) in [6.45, 7) is 6.23. The van der Waals surface area contributed by atoms with Crippen molar-refractivity contribution < 1.29 is 27.5 Å². The molecule has 1 atom stereocenters. The van der Waals surface area contributed by atoms with Crippen LogP contribution in [0.4, 0.5) is 17.1 Å². The summed E-state index contributed by atoms with van der Waals surface area (Å²) in [4.78, 5) is 28.5. The number of para-hydroxylation sites is 2. The minimum Gasteiger partial charge on any atom is -0.495 e. The van der Waals surface area contributed by atoms with Gasteiger partial charge in [0.25, 0.3) is 0 Å². The van der Waals surface area contributed by atoms with E-state index in [0.717, 1.165) is 17.0 Å². The third kappa shape index (κ3) is 7.80. The van der Waals surface area contributed by atoms with Crippen molar-refractivity contribution in [2.45, 2.75) is 37.6 Å². The van der Waals surface area contributed by atoms with Crippen molar-refractivity contribution in [1.29, 1.82) is 0 Å². The average Bonchev–Trinajstić information content (AvgIpc) is 3.00. The van der Waals surface area contributed by atoms with Crippen molar-refractivity contribution in [2.75, 3.05) is 55.0 Å². The lowest BCUT2D eigenvalue weighted by Crippen LogP contribution is -2.47. The largest absolute Gasteiger partial charge is 0.495 e. The molecule has 1 aliphatic rings. The predicted molar refractivity (Wildman–Crippen MR) is 164 cm³/mol. The number of carbonyl (C=O) groups excluding carboxylic acids is 2.